The summed E-state index contributed by atoms with van der Waals surface area (Å²) >= 11 is 8.04. The molecule has 2 aromatic carbocycles. The monoisotopic (exact) mass is 426 g/mol. The Labute approximate surface area is 158 Å². The highest BCUT2D eigenvalue weighted by Gasteiger charge is 2.16. The number of rotatable bonds is 6. The van der Waals surface area contributed by atoms with Crippen LogP contribution in [-0.2, 0) is 6.61 Å². The van der Waals surface area contributed by atoms with Crippen LogP contribution in [0.25, 0.3) is 0 Å². The van der Waals surface area contributed by atoms with Crippen LogP contribution in [0.1, 0.15) is 22.8 Å². The van der Waals surface area contributed by atoms with Gasteiger partial charge in [-0.25, -0.2) is 4.39 Å². The van der Waals surface area contributed by atoms with Crippen molar-refractivity contribution in [3.8, 4) is 11.5 Å². The van der Waals surface area contributed by atoms with E-state index in [2.05, 4.69) is 33.5 Å². The van der Waals surface area contributed by atoms with Gasteiger partial charge in [-0.15, -0.1) is 0 Å². The summed E-state index contributed by atoms with van der Waals surface area (Å²) in [7, 11) is 0. The fourth-order valence-corrected chi connectivity index (χ4v) is 2.72. The lowest BCUT2D eigenvalue weighted by atomic mass is 10.2. The quantitative estimate of drug-likeness (QED) is 0.690. The molecule has 0 aliphatic rings. The summed E-state index contributed by atoms with van der Waals surface area (Å²) in [6.45, 7) is 2.34. The minimum Gasteiger partial charge on any atom is -0.490 e. The molecule has 0 saturated carbocycles. The maximum Gasteiger partial charge on any atom is 0.257 e. The lowest BCUT2D eigenvalue weighted by molar-refractivity contribution is 0.0976. The van der Waals surface area contributed by atoms with Crippen LogP contribution < -0.4 is 20.5 Å². The first-order valence-corrected chi connectivity index (χ1v) is 8.55. The Morgan fingerprint density at radius 3 is 2.72 bits per heavy atom. The molecule has 0 aromatic heterocycles. The molecule has 0 heterocycles. The standard InChI is InChI=1S/C17H16BrFN2O3S/c1-2-23-14-8-11(16(22)21-17(20)25)7-13(18)15(14)24-9-10-4-3-5-12(19)6-10/h3-8H,2,9H2,1H3,(H3,20,21,22,25). The van der Waals surface area contributed by atoms with Crippen molar-refractivity contribution in [1.82, 2.24) is 5.32 Å². The highest BCUT2D eigenvalue weighted by molar-refractivity contribution is 9.10. The third-order valence-electron chi connectivity index (χ3n) is 3.08. The molecule has 0 aliphatic carbocycles. The second kappa shape index (κ2) is 8.77. The van der Waals surface area contributed by atoms with Crippen molar-refractivity contribution >= 4 is 39.2 Å². The number of nitrogens with two attached hydrogens (primary N) is 1. The van der Waals surface area contributed by atoms with Gasteiger partial charge >= 0.3 is 0 Å². The minimum absolute atomic E-state index is 0.120. The number of hydrogen-bond donors (Lipinski definition) is 2. The molecule has 0 saturated heterocycles. The normalized spacial score (nSPS) is 10.2. The topological polar surface area (TPSA) is 73.6 Å². The predicted molar refractivity (Wildman–Crippen MR) is 100 cm³/mol. The summed E-state index contributed by atoms with van der Waals surface area (Å²) < 4.78 is 25.1. The zero-order valence-corrected chi connectivity index (χ0v) is 15.7. The van der Waals surface area contributed by atoms with Crippen LogP contribution in [0.5, 0.6) is 11.5 Å². The first-order chi connectivity index (χ1) is 11.9. The van der Waals surface area contributed by atoms with Crippen molar-refractivity contribution < 1.29 is 18.7 Å². The SMILES string of the molecule is CCOc1cc(C(=O)NC(N)=S)cc(Br)c1OCc1cccc(F)c1. The smallest absolute Gasteiger partial charge is 0.257 e. The number of carbonyl (C=O) groups excluding carboxylic acids is 1. The number of thiocarbonyl (C=S) groups is 1. The van der Waals surface area contributed by atoms with Crippen LogP contribution in [0.15, 0.2) is 40.9 Å². The number of carbonyl (C=O) groups is 1. The van der Waals surface area contributed by atoms with E-state index in [1.807, 2.05) is 6.92 Å². The van der Waals surface area contributed by atoms with Gasteiger partial charge < -0.3 is 15.2 Å². The van der Waals surface area contributed by atoms with Crippen LogP contribution in [0.4, 0.5) is 4.39 Å². The second-order valence-corrected chi connectivity index (χ2v) is 6.25. The molecule has 132 valence electrons. The molecular weight excluding hydrogens is 411 g/mol. The lowest BCUT2D eigenvalue weighted by Gasteiger charge is -2.15. The average molecular weight is 427 g/mol. The zero-order chi connectivity index (χ0) is 18.4. The average Bonchev–Trinajstić information content (AvgIpc) is 2.53. The van der Waals surface area contributed by atoms with Gasteiger partial charge in [0.1, 0.15) is 12.4 Å². The van der Waals surface area contributed by atoms with E-state index in [9.17, 15) is 9.18 Å². The second-order valence-electron chi connectivity index (χ2n) is 4.96. The van der Waals surface area contributed by atoms with Gasteiger partial charge in [0.25, 0.3) is 5.91 Å². The van der Waals surface area contributed by atoms with E-state index in [-0.39, 0.29) is 17.5 Å². The van der Waals surface area contributed by atoms with E-state index in [1.54, 1.807) is 18.2 Å². The maximum absolute atomic E-state index is 13.3. The minimum atomic E-state index is -0.453. The molecule has 0 unspecified atom stereocenters. The molecule has 2 rings (SSSR count). The predicted octanol–water partition coefficient (Wildman–Crippen LogP) is 3.54. The Kier molecular flexibility index (Phi) is 6.72. The van der Waals surface area contributed by atoms with E-state index in [1.165, 1.54) is 18.2 Å². The molecule has 0 radical (unpaired) electrons. The summed E-state index contributed by atoms with van der Waals surface area (Å²) in [6.07, 6.45) is 0. The Balaban J connectivity index is 2.27. The fourth-order valence-electron chi connectivity index (χ4n) is 2.07. The molecule has 2 aromatic rings. The van der Waals surface area contributed by atoms with Crippen molar-refractivity contribution in [2.24, 2.45) is 5.73 Å². The van der Waals surface area contributed by atoms with Gasteiger partial charge in [0.15, 0.2) is 16.6 Å². The van der Waals surface area contributed by atoms with Gasteiger partial charge in [-0.05, 0) is 64.9 Å². The van der Waals surface area contributed by atoms with Crippen molar-refractivity contribution in [3.63, 3.8) is 0 Å². The van der Waals surface area contributed by atoms with Gasteiger partial charge in [-0.2, -0.15) is 0 Å². The maximum atomic E-state index is 13.3. The van der Waals surface area contributed by atoms with E-state index < -0.39 is 5.91 Å². The van der Waals surface area contributed by atoms with Gasteiger partial charge in [0, 0.05) is 5.56 Å². The van der Waals surface area contributed by atoms with Gasteiger partial charge in [-0.1, -0.05) is 12.1 Å². The summed E-state index contributed by atoms with van der Waals surface area (Å²) in [6, 6.07) is 9.20. The number of halogens is 2. The molecule has 5 nitrogen and oxygen atoms in total. The first kappa shape index (κ1) is 19.1. The summed E-state index contributed by atoms with van der Waals surface area (Å²) in [5.41, 5.74) is 6.30. The van der Waals surface area contributed by atoms with Crippen LogP contribution in [0, 0.1) is 5.82 Å². The fraction of sp³-hybridized carbons (Fsp3) is 0.176. The molecule has 0 fully saturated rings. The van der Waals surface area contributed by atoms with Gasteiger partial charge in [-0.3, -0.25) is 10.1 Å². The van der Waals surface area contributed by atoms with Crippen molar-refractivity contribution in [2.45, 2.75) is 13.5 Å². The molecule has 0 atom stereocenters. The van der Waals surface area contributed by atoms with Crippen LogP contribution in [-0.4, -0.2) is 17.6 Å². The third kappa shape index (κ3) is 5.40. The number of nitrogens with one attached hydrogen (secondary N) is 1. The molecular formula is C17H16BrFN2O3S. The molecule has 0 bridgehead atoms. The first-order valence-electron chi connectivity index (χ1n) is 7.35. The molecule has 0 spiro atoms. The highest BCUT2D eigenvalue weighted by atomic mass is 79.9. The number of benzene rings is 2. The molecule has 25 heavy (non-hydrogen) atoms. The number of amides is 1. The van der Waals surface area contributed by atoms with E-state index in [0.29, 0.717) is 33.7 Å². The van der Waals surface area contributed by atoms with E-state index >= 15 is 0 Å². The van der Waals surface area contributed by atoms with Gasteiger partial charge in [0.2, 0.25) is 0 Å². The number of ether oxygens (including phenoxy) is 2. The Bertz CT molecular complexity index is 801. The highest BCUT2D eigenvalue weighted by Crippen LogP contribution is 2.37. The molecule has 0 aliphatic heterocycles. The Hall–Kier alpha value is -2.19. The molecule has 3 N–H and O–H groups in total. The summed E-state index contributed by atoms with van der Waals surface area (Å²) in [5, 5.41) is 2.23. The molecule has 1 amide bonds. The largest absolute Gasteiger partial charge is 0.490 e. The molecule has 8 heteroatoms. The third-order valence-corrected chi connectivity index (χ3v) is 3.77. The van der Waals surface area contributed by atoms with Crippen LogP contribution in [0.2, 0.25) is 0 Å². The van der Waals surface area contributed by atoms with Crippen LogP contribution in [0.3, 0.4) is 0 Å². The Morgan fingerprint density at radius 1 is 1.32 bits per heavy atom. The van der Waals surface area contributed by atoms with Crippen molar-refractivity contribution in [1.29, 1.82) is 0 Å². The number of hydrogen-bond acceptors (Lipinski definition) is 4. The Morgan fingerprint density at radius 2 is 2.08 bits per heavy atom. The van der Waals surface area contributed by atoms with E-state index in [0.717, 1.165) is 0 Å². The summed E-state index contributed by atoms with van der Waals surface area (Å²) in [4.78, 5) is 12.1. The van der Waals surface area contributed by atoms with E-state index in [4.69, 9.17) is 15.2 Å². The summed E-state index contributed by atoms with van der Waals surface area (Å²) in [5.74, 6) is 0.000146. The van der Waals surface area contributed by atoms with Gasteiger partial charge in [0.05, 0.1) is 11.1 Å². The van der Waals surface area contributed by atoms with Crippen molar-refractivity contribution in [2.75, 3.05) is 6.61 Å². The van der Waals surface area contributed by atoms with Crippen LogP contribution >= 0.6 is 28.1 Å². The lowest BCUT2D eigenvalue weighted by Crippen LogP contribution is -2.34. The van der Waals surface area contributed by atoms with Crippen molar-refractivity contribution in [3.05, 3.63) is 57.8 Å². The zero-order valence-electron chi connectivity index (χ0n) is 13.3.